The standard InChI is InChI=1S/C15H13Cl2NO2/c1-10(19)18-13-4-6-14(7-5-13)20-9-11-2-3-12(16)8-15(11)17/h2-8H,9H2,1H3,(H,18,19). The Morgan fingerprint density at radius 1 is 1.15 bits per heavy atom. The molecule has 2 rings (SSSR count). The molecule has 2 aromatic rings. The highest BCUT2D eigenvalue weighted by Gasteiger charge is 2.03. The number of halogens is 2. The summed E-state index contributed by atoms with van der Waals surface area (Å²) in [7, 11) is 0. The number of anilines is 1. The van der Waals surface area contributed by atoms with Crippen LogP contribution in [-0.2, 0) is 11.4 Å². The maximum absolute atomic E-state index is 10.9. The fraction of sp³-hybridized carbons (Fsp3) is 0.133. The van der Waals surface area contributed by atoms with Gasteiger partial charge in [0.15, 0.2) is 0 Å². The first kappa shape index (κ1) is 14.7. The molecule has 0 aromatic heterocycles. The molecule has 0 fully saturated rings. The summed E-state index contributed by atoms with van der Waals surface area (Å²) < 4.78 is 5.63. The third kappa shape index (κ3) is 4.15. The normalized spacial score (nSPS) is 10.2. The van der Waals surface area contributed by atoms with Crippen LogP contribution >= 0.6 is 23.2 Å². The van der Waals surface area contributed by atoms with Gasteiger partial charge in [-0.2, -0.15) is 0 Å². The average Bonchev–Trinajstić information content (AvgIpc) is 2.39. The molecule has 0 atom stereocenters. The van der Waals surface area contributed by atoms with Crippen molar-refractivity contribution in [1.29, 1.82) is 0 Å². The minimum absolute atomic E-state index is 0.105. The number of benzene rings is 2. The van der Waals surface area contributed by atoms with Gasteiger partial charge in [0.25, 0.3) is 0 Å². The van der Waals surface area contributed by atoms with E-state index in [0.717, 1.165) is 11.3 Å². The number of carbonyl (C=O) groups is 1. The molecule has 5 heteroatoms. The van der Waals surface area contributed by atoms with Crippen molar-refractivity contribution in [2.24, 2.45) is 0 Å². The second-order valence-corrected chi connectivity index (χ2v) is 5.07. The van der Waals surface area contributed by atoms with Crippen LogP contribution < -0.4 is 10.1 Å². The summed E-state index contributed by atoms with van der Waals surface area (Å²) in [6.07, 6.45) is 0. The summed E-state index contributed by atoms with van der Waals surface area (Å²) in [4.78, 5) is 10.9. The first-order chi connectivity index (χ1) is 9.54. The van der Waals surface area contributed by atoms with E-state index in [1.165, 1.54) is 6.92 Å². The van der Waals surface area contributed by atoms with Gasteiger partial charge < -0.3 is 10.1 Å². The smallest absolute Gasteiger partial charge is 0.221 e. The lowest BCUT2D eigenvalue weighted by atomic mass is 10.2. The molecule has 1 amide bonds. The van der Waals surface area contributed by atoms with Crippen molar-refractivity contribution in [3.8, 4) is 5.75 Å². The summed E-state index contributed by atoms with van der Waals surface area (Å²) in [6, 6.07) is 12.4. The van der Waals surface area contributed by atoms with E-state index in [0.29, 0.717) is 22.4 Å². The van der Waals surface area contributed by atoms with Crippen molar-refractivity contribution >= 4 is 34.8 Å². The van der Waals surface area contributed by atoms with E-state index < -0.39 is 0 Å². The molecule has 0 unspecified atom stereocenters. The summed E-state index contributed by atoms with van der Waals surface area (Å²) in [5.74, 6) is 0.594. The Bertz CT molecular complexity index is 612. The van der Waals surface area contributed by atoms with E-state index in [-0.39, 0.29) is 5.91 Å². The van der Waals surface area contributed by atoms with Crippen molar-refractivity contribution in [1.82, 2.24) is 0 Å². The molecule has 0 aliphatic rings. The number of hydrogen-bond donors (Lipinski definition) is 1. The lowest BCUT2D eigenvalue weighted by Gasteiger charge is -2.09. The van der Waals surface area contributed by atoms with Crippen LogP contribution in [-0.4, -0.2) is 5.91 Å². The molecule has 3 nitrogen and oxygen atoms in total. The Balaban J connectivity index is 1.98. The third-order valence-electron chi connectivity index (χ3n) is 2.58. The van der Waals surface area contributed by atoms with Crippen molar-refractivity contribution < 1.29 is 9.53 Å². The third-order valence-corrected chi connectivity index (χ3v) is 3.17. The molecule has 0 aliphatic heterocycles. The molecular weight excluding hydrogens is 297 g/mol. The zero-order valence-corrected chi connectivity index (χ0v) is 12.3. The fourth-order valence-corrected chi connectivity index (χ4v) is 2.10. The molecule has 0 spiro atoms. The maximum Gasteiger partial charge on any atom is 0.221 e. The molecule has 1 N–H and O–H groups in total. The van der Waals surface area contributed by atoms with Gasteiger partial charge in [-0.15, -0.1) is 0 Å². The van der Waals surface area contributed by atoms with Crippen LogP contribution in [0.15, 0.2) is 42.5 Å². The number of carbonyl (C=O) groups excluding carboxylic acids is 1. The van der Waals surface area contributed by atoms with E-state index in [4.69, 9.17) is 27.9 Å². The quantitative estimate of drug-likeness (QED) is 0.901. The van der Waals surface area contributed by atoms with Gasteiger partial charge in [0, 0.05) is 28.2 Å². The van der Waals surface area contributed by atoms with Gasteiger partial charge >= 0.3 is 0 Å². The van der Waals surface area contributed by atoms with Crippen LogP contribution in [0.25, 0.3) is 0 Å². The minimum Gasteiger partial charge on any atom is -0.489 e. The maximum atomic E-state index is 10.9. The van der Waals surface area contributed by atoms with Crippen molar-refractivity contribution in [3.63, 3.8) is 0 Å². The van der Waals surface area contributed by atoms with Gasteiger partial charge in [-0.1, -0.05) is 29.3 Å². The Hall–Kier alpha value is -1.71. The summed E-state index contributed by atoms with van der Waals surface area (Å²) in [6.45, 7) is 1.82. The highest BCUT2D eigenvalue weighted by Crippen LogP contribution is 2.23. The highest BCUT2D eigenvalue weighted by molar-refractivity contribution is 6.35. The van der Waals surface area contributed by atoms with E-state index in [1.807, 2.05) is 6.07 Å². The van der Waals surface area contributed by atoms with Gasteiger partial charge in [-0.3, -0.25) is 4.79 Å². The van der Waals surface area contributed by atoms with E-state index in [1.54, 1.807) is 36.4 Å². The Kier molecular flexibility index (Phi) is 4.88. The molecule has 0 saturated carbocycles. The highest BCUT2D eigenvalue weighted by atomic mass is 35.5. The predicted octanol–water partition coefficient (Wildman–Crippen LogP) is 4.53. The van der Waals surface area contributed by atoms with E-state index in [9.17, 15) is 4.79 Å². The Morgan fingerprint density at radius 2 is 1.85 bits per heavy atom. The number of amides is 1. The van der Waals surface area contributed by atoms with Crippen LogP contribution in [0.4, 0.5) is 5.69 Å². The predicted molar refractivity (Wildman–Crippen MR) is 81.5 cm³/mol. The molecule has 104 valence electrons. The number of hydrogen-bond acceptors (Lipinski definition) is 2. The van der Waals surface area contributed by atoms with E-state index >= 15 is 0 Å². The summed E-state index contributed by atoms with van der Waals surface area (Å²) in [5, 5.41) is 3.86. The second kappa shape index (κ2) is 6.64. The largest absolute Gasteiger partial charge is 0.489 e. The molecule has 20 heavy (non-hydrogen) atoms. The zero-order chi connectivity index (χ0) is 14.5. The van der Waals surface area contributed by atoms with Crippen LogP contribution in [0, 0.1) is 0 Å². The Labute approximate surface area is 127 Å². The summed E-state index contributed by atoms with van der Waals surface area (Å²) >= 11 is 11.9. The van der Waals surface area contributed by atoms with Gasteiger partial charge in [-0.25, -0.2) is 0 Å². The van der Waals surface area contributed by atoms with Crippen LogP contribution in [0.3, 0.4) is 0 Å². The fourth-order valence-electron chi connectivity index (χ4n) is 1.64. The monoisotopic (exact) mass is 309 g/mol. The molecule has 0 saturated heterocycles. The molecular formula is C15H13Cl2NO2. The minimum atomic E-state index is -0.105. The lowest BCUT2D eigenvalue weighted by Crippen LogP contribution is -2.05. The average molecular weight is 310 g/mol. The zero-order valence-electron chi connectivity index (χ0n) is 10.8. The number of ether oxygens (including phenoxy) is 1. The second-order valence-electron chi connectivity index (χ2n) is 4.23. The van der Waals surface area contributed by atoms with Crippen LogP contribution in [0.5, 0.6) is 5.75 Å². The molecule has 0 aliphatic carbocycles. The van der Waals surface area contributed by atoms with Crippen molar-refractivity contribution in [3.05, 3.63) is 58.1 Å². The van der Waals surface area contributed by atoms with E-state index in [2.05, 4.69) is 5.32 Å². The van der Waals surface area contributed by atoms with Gasteiger partial charge in [0.2, 0.25) is 5.91 Å². The molecule has 2 aromatic carbocycles. The van der Waals surface area contributed by atoms with Crippen LogP contribution in [0.1, 0.15) is 12.5 Å². The van der Waals surface area contributed by atoms with Gasteiger partial charge in [0.1, 0.15) is 12.4 Å². The Morgan fingerprint density at radius 3 is 2.45 bits per heavy atom. The van der Waals surface area contributed by atoms with Crippen LogP contribution in [0.2, 0.25) is 10.0 Å². The van der Waals surface area contributed by atoms with Gasteiger partial charge in [-0.05, 0) is 36.4 Å². The van der Waals surface area contributed by atoms with Crippen molar-refractivity contribution in [2.45, 2.75) is 13.5 Å². The lowest BCUT2D eigenvalue weighted by molar-refractivity contribution is -0.114. The number of nitrogens with one attached hydrogen (secondary N) is 1. The first-order valence-corrected chi connectivity index (χ1v) is 6.74. The summed E-state index contributed by atoms with van der Waals surface area (Å²) in [5.41, 5.74) is 1.59. The topological polar surface area (TPSA) is 38.3 Å². The van der Waals surface area contributed by atoms with Gasteiger partial charge in [0.05, 0.1) is 0 Å². The molecule has 0 bridgehead atoms. The number of rotatable bonds is 4. The first-order valence-electron chi connectivity index (χ1n) is 5.99. The molecule has 0 heterocycles. The molecule has 0 radical (unpaired) electrons. The SMILES string of the molecule is CC(=O)Nc1ccc(OCc2ccc(Cl)cc2Cl)cc1. The van der Waals surface area contributed by atoms with Crippen molar-refractivity contribution in [2.75, 3.05) is 5.32 Å².